The number of ether oxygens (including phenoxy) is 2. The Hall–Kier alpha value is -4.34. The van der Waals surface area contributed by atoms with Gasteiger partial charge >= 0.3 is 6.03 Å². The number of carbonyl (C=O) groups excluding carboxylic acids is 1. The molecule has 2 amide bonds. The largest absolute Gasteiger partial charge is 0.493 e. The van der Waals surface area contributed by atoms with Gasteiger partial charge in [0.25, 0.3) is 0 Å². The molecule has 10 nitrogen and oxygen atoms in total. The maximum atomic E-state index is 12.5. The number of nitrogen functional groups attached to an aromatic ring is 1. The Labute approximate surface area is 254 Å². The van der Waals surface area contributed by atoms with E-state index < -0.39 is 6.03 Å². The van der Waals surface area contributed by atoms with Gasteiger partial charge < -0.3 is 25.1 Å². The number of fused-ring (bicyclic) bond motifs is 1. The predicted octanol–water partition coefficient (Wildman–Crippen LogP) is 7.80. The second-order valence-corrected chi connectivity index (χ2v) is 10.8. The van der Waals surface area contributed by atoms with E-state index in [1.807, 2.05) is 41.0 Å². The van der Waals surface area contributed by atoms with Crippen molar-refractivity contribution in [3.63, 3.8) is 0 Å². The number of carbonyl (C=O) groups is 1. The minimum absolute atomic E-state index is 0.0902. The summed E-state index contributed by atoms with van der Waals surface area (Å²) < 4.78 is 14.2. The monoisotopic (exact) mass is 587 g/mol. The molecule has 0 saturated carbocycles. The quantitative estimate of drug-likeness (QED) is 0.101. The Morgan fingerprint density at radius 2 is 1.44 bits per heavy atom. The number of rotatable bonds is 18. The van der Waals surface area contributed by atoms with E-state index in [4.69, 9.17) is 15.2 Å². The summed E-state index contributed by atoms with van der Waals surface area (Å²) in [4.78, 5) is 25.8. The number of anilines is 3. The van der Waals surface area contributed by atoms with Crippen molar-refractivity contribution in [3.8, 4) is 11.5 Å². The first kappa shape index (κ1) is 31.6. The van der Waals surface area contributed by atoms with Crippen LogP contribution < -0.4 is 25.8 Å². The van der Waals surface area contributed by atoms with Gasteiger partial charge in [0.15, 0.2) is 11.5 Å². The Bertz CT molecular complexity index is 1390. The molecule has 0 fully saturated rings. The maximum absolute atomic E-state index is 12.5. The van der Waals surface area contributed by atoms with E-state index in [9.17, 15) is 4.79 Å². The van der Waals surface area contributed by atoms with E-state index in [1.165, 1.54) is 38.5 Å². The van der Waals surface area contributed by atoms with Gasteiger partial charge in [-0.2, -0.15) is 9.97 Å². The first-order chi connectivity index (χ1) is 21.1. The van der Waals surface area contributed by atoms with Gasteiger partial charge in [-0.25, -0.2) is 9.78 Å². The fourth-order valence-electron chi connectivity index (χ4n) is 4.80. The number of urea groups is 1. The summed E-state index contributed by atoms with van der Waals surface area (Å²) in [6.07, 6.45) is 13.5. The third-order valence-corrected chi connectivity index (χ3v) is 7.07. The minimum Gasteiger partial charge on any atom is -0.493 e. The summed E-state index contributed by atoms with van der Waals surface area (Å²) in [5.74, 6) is 1.85. The molecule has 0 bridgehead atoms. The Morgan fingerprint density at radius 1 is 0.814 bits per heavy atom. The number of hydrogen-bond donors (Lipinski definition) is 3. The summed E-state index contributed by atoms with van der Waals surface area (Å²) in [6.45, 7) is 6.24. The van der Waals surface area contributed by atoms with Gasteiger partial charge in [0, 0.05) is 11.8 Å². The van der Waals surface area contributed by atoms with Gasteiger partial charge in [0.1, 0.15) is 17.0 Å². The van der Waals surface area contributed by atoms with Crippen molar-refractivity contribution in [2.75, 3.05) is 29.6 Å². The zero-order valence-corrected chi connectivity index (χ0v) is 25.5. The smallest absolute Gasteiger partial charge is 0.326 e. The van der Waals surface area contributed by atoms with Gasteiger partial charge in [-0.05, 0) is 42.7 Å². The average Bonchev–Trinajstić information content (AvgIpc) is 3.40. The van der Waals surface area contributed by atoms with Crippen molar-refractivity contribution in [2.24, 2.45) is 0 Å². The van der Waals surface area contributed by atoms with E-state index in [-0.39, 0.29) is 11.8 Å². The second-order valence-electron chi connectivity index (χ2n) is 10.8. The van der Waals surface area contributed by atoms with Gasteiger partial charge in [0.05, 0.1) is 26.1 Å². The zero-order chi connectivity index (χ0) is 30.3. The van der Waals surface area contributed by atoms with Crippen molar-refractivity contribution in [1.82, 2.24) is 19.5 Å². The molecular formula is C33H45N7O3. The first-order valence-electron chi connectivity index (χ1n) is 15.6. The van der Waals surface area contributed by atoms with Crippen LogP contribution in [0.15, 0.2) is 54.9 Å². The van der Waals surface area contributed by atoms with E-state index in [1.54, 1.807) is 18.5 Å². The topological polar surface area (TPSA) is 129 Å². The Kier molecular flexibility index (Phi) is 12.4. The SMILES string of the molecule is CCCCCCCOc1cc(Cn2cnc3c(N)nc(NC(=O)Nc4ccccc4)nc32)cc(OCCCCCCC)c1. The van der Waals surface area contributed by atoms with Crippen molar-refractivity contribution >= 4 is 34.6 Å². The summed E-state index contributed by atoms with van der Waals surface area (Å²) in [5.41, 5.74) is 8.82. The highest BCUT2D eigenvalue weighted by atomic mass is 16.5. The molecule has 2 aromatic carbocycles. The summed E-state index contributed by atoms with van der Waals surface area (Å²) in [5, 5.41) is 5.43. The van der Waals surface area contributed by atoms with Crippen LogP contribution in [-0.4, -0.2) is 38.8 Å². The Balaban J connectivity index is 1.47. The van der Waals surface area contributed by atoms with Crippen LogP contribution in [0, 0.1) is 0 Å². The summed E-state index contributed by atoms with van der Waals surface area (Å²) >= 11 is 0. The van der Waals surface area contributed by atoms with Gasteiger partial charge in [-0.15, -0.1) is 0 Å². The second kappa shape index (κ2) is 16.9. The van der Waals surface area contributed by atoms with Crippen molar-refractivity contribution in [3.05, 3.63) is 60.4 Å². The van der Waals surface area contributed by atoms with Gasteiger partial charge in [0.2, 0.25) is 5.95 Å². The number of aromatic nitrogens is 4. The molecular weight excluding hydrogens is 542 g/mol. The highest BCUT2D eigenvalue weighted by molar-refractivity contribution is 5.99. The van der Waals surface area contributed by atoms with Crippen LogP contribution in [0.5, 0.6) is 11.5 Å². The van der Waals surface area contributed by atoms with Crippen LogP contribution in [-0.2, 0) is 6.54 Å². The molecule has 2 heterocycles. The molecule has 4 aromatic rings. The van der Waals surface area contributed by atoms with E-state index in [0.717, 1.165) is 42.7 Å². The predicted molar refractivity (Wildman–Crippen MR) is 173 cm³/mol. The highest BCUT2D eigenvalue weighted by Crippen LogP contribution is 2.26. The molecule has 0 unspecified atom stereocenters. The van der Waals surface area contributed by atoms with Crippen molar-refractivity contribution in [2.45, 2.75) is 84.6 Å². The first-order valence-corrected chi connectivity index (χ1v) is 15.6. The summed E-state index contributed by atoms with van der Waals surface area (Å²) in [6, 6.07) is 14.7. The number of amides is 2. The van der Waals surface area contributed by atoms with Crippen LogP contribution in [0.3, 0.4) is 0 Å². The maximum Gasteiger partial charge on any atom is 0.326 e. The standard InChI is InChI=1S/C33H45N7O3/c1-3-5-7-9-14-18-42-27-20-25(21-28(22-27)43-19-15-10-8-6-4-2)23-40-24-35-29-30(34)37-32(38-31(29)40)39-33(41)36-26-16-12-11-13-17-26/h11-13,16-17,20-22,24H,3-10,14-15,18-19,23H2,1-2H3,(H4,34,36,37,38,39,41). The van der Waals surface area contributed by atoms with Gasteiger partial charge in [-0.1, -0.05) is 83.4 Å². The minimum atomic E-state index is -0.466. The number of para-hydroxylation sites is 1. The molecule has 0 aliphatic rings. The molecule has 10 heteroatoms. The fourth-order valence-corrected chi connectivity index (χ4v) is 4.80. The van der Waals surface area contributed by atoms with E-state index in [0.29, 0.717) is 36.6 Å². The fraction of sp³-hybridized carbons (Fsp3) is 0.455. The van der Waals surface area contributed by atoms with E-state index in [2.05, 4.69) is 39.4 Å². The summed E-state index contributed by atoms with van der Waals surface area (Å²) in [7, 11) is 0. The molecule has 4 rings (SSSR count). The van der Waals surface area contributed by atoms with Crippen LogP contribution in [0.2, 0.25) is 0 Å². The molecule has 0 atom stereocenters. The number of nitrogens with one attached hydrogen (secondary N) is 2. The molecule has 43 heavy (non-hydrogen) atoms. The van der Waals surface area contributed by atoms with Crippen molar-refractivity contribution < 1.29 is 14.3 Å². The zero-order valence-electron chi connectivity index (χ0n) is 25.5. The van der Waals surface area contributed by atoms with Crippen molar-refractivity contribution in [1.29, 1.82) is 0 Å². The average molecular weight is 588 g/mol. The number of nitrogens with zero attached hydrogens (tertiary/aromatic N) is 4. The molecule has 2 aromatic heterocycles. The van der Waals surface area contributed by atoms with Crippen LogP contribution in [0.1, 0.15) is 83.6 Å². The lowest BCUT2D eigenvalue weighted by Gasteiger charge is -2.13. The number of unbranched alkanes of at least 4 members (excludes halogenated alkanes) is 8. The lowest BCUT2D eigenvalue weighted by molar-refractivity contribution is 0.262. The molecule has 0 radical (unpaired) electrons. The normalized spacial score (nSPS) is 11.0. The Morgan fingerprint density at radius 3 is 2.07 bits per heavy atom. The number of nitrogens with two attached hydrogens (primary N) is 1. The number of hydrogen-bond acceptors (Lipinski definition) is 7. The third-order valence-electron chi connectivity index (χ3n) is 7.07. The van der Waals surface area contributed by atoms with E-state index >= 15 is 0 Å². The molecule has 230 valence electrons. The number of imidazole rings is 1. The lowest BCUT2D eigenvalue weighted by atomic mass is 10.1. The highest BCUT2D eigenvalue weighted by Gasteiger charge is 2.15. The van der Waals surface area contributed by atoms with Crippen LogP contribution in [0.25, 0.3) is 11.2 Å². The number of benzene rings is 2. The molecule has 0 spiro atoms. The van der Waals surface area contributed by atoms with Crippen LogP contribution in [0.4, 0.5) is 22.2 Å². The molecule has 4 N–H and O–H groups in total. The van der Waals surface area contributed by atoms with Crippen LogP contribution >= 0.6 is 0 Å². The molecule has 0 aliphatic carbocycles. The third kappa shape index (κ3) is 10.2. The lowest BCUT2D eigenvalue weighted by Crippen LogP contribution is -2.21. The van der Waals surface area contributed by atoms with Gasteiger partial charge in [-0.3, -0.25) is 5.32 Å². The molecule has 0 saturated heterocycles. The molecule has 0 aliphatic heterocycles.